The third-order valence-corrected chi connectivity index (χ3v) is 9.48. The third kappa shape index (κ3) is 11.0. The van der Waals surface area contributed by atoms with Crippen LogP contribution in [0.15, 0.2) is 58.3 Å². The molecule has 9 heteroatoms. The Bertz CT molecular complexity index is 1190. The van der Waals surface area contributed by atoms with Gasteiger partial charge in [0.25, 0.3) is 0 Å². The molecule has 2 heterocycles. The Balaban J connectivity index is 1.27. The lowest BCUT2D eigenvalue weighted by molar-refractivity contribution is -0.0487. The second kappa shape index (κ2) is 13.1. The first-order chi connectivity index (χ1) is 19.9. The Kier molecular flexibility index (Phi) is 10.2. The van der Waals surface area contributed by atoms with Crippen LogP contribution in [-0.4, -0.2) is 69.5 Å². The third-order valence-electron chi connectivity index (χ3n) is 7.69. The van der Waals surface area contributed by atoms with Crippen LogP contribution in [0.1, 0.15) is 81.1 Å². The summed E-state index contributed by atoms with van der Waals surface area (Å²) in [6, 6.07) is 13.1. The molecule has 0 amide bonds. The molecule has 0 radical (unpaired) electrons. The van der Waals surface area contributed by atoms with Crippen molar-refractivity contribution in [2.45, 2.75) is 125 Å². The van der Waals surface area contributed by atoms with E-state index in [4.69, 9.17) is 28.4 Å². The van der Waals surface area contributed by atoms with E-state index in [0.29, 0.717) is 49.8 Å². The largest absolute Gasteiger partial charge is 0.488 e. The zero-order valence-corrected chi connectivity index (χ0v) is 27.9. The molecule has 4 rings (SSSR count). The molecule has 2 aromatic rings. The van der Waals surface area contributed by atoms with Crippen LogP contribution in [0, 0.1) is 0 Å². The van der Waals surface area contributed by atoms with Crippen molar-refractivity contribution in [2.75, 3.05) is 26.4 Å². The summed E-state index contributed by atoms with van der Waals surface area (Å²) in [5.74, 6) is 1.21. The normalized spacial score (nSPS) is 19.3. The van der Waals surface area contributed by atoms with Crippen molar-refractivity contribution in [3.8, 4) is 11.5 Å². The lowest BCUT2D eigenvalue weighted by Gasteiger charge is -2.30. The van der Waals surface area contributed by atoms with Gasteiger partial charge in [0.2, 0.25) is 9.84 Å². The van der Waals surface area contributed by atoms with Crippen molar-refractivity contribution < 1.29 is 36.8 Å². The van der Waals surface area contributed by atoms with Crippen molar-refractivity contribution in [1.29, 1.82) is 0 Å². The van der Waals surface area contributed by atoms with E-state index in [1.807, 2.05) is 27.7 Å². The maximum atomic E-state index is 13.3. The predicted molar refractivity (Wildman–Crippen MR) is 166 cm³/mol. The molecular weight excluding hydrogens is 568 g/mol. The van der Waals surface area contributed by atoms with Gasteiger partial charge in [0.15, 0.2) is 0 Å². The highest BCUT2D eigenvalue weighted by molar-refractivity contribution is 7.91. The first-order valence-electron chi connectivity index (χ1n) is 15.3. The highest BCUT2D eigenvalue weighted by Crippen LogP contribution is 2.31. The summed E-state index contributed by atoms with van der Waals surface area (Å²) in [4.78, 5) is 0.408. The maximum absolute atomic E-state index is 13.3. The minimum Gasteiger partial charge on any atom is -0.488 e. The van der Waals surface area contributed by atoms with Crippen molar-refractivity contribution in [2.24, 2.45) is 0 Å². The first-order valence-corrected chi connectivity index (χ1v) is 16.8. The van der Waals surface area contributed by atoms with E-state index in [1.54, 1.807) is 48.5 Å². The molecular formula is C34H50O8S. The van der Waals surface area contributed by atoms with Crippen LogP contribution >= 0.6 is 0 Å². The zero-order valence-electron chi connectivity index (χ0n) is 27.1. The molecule has 2 aliphatic rings. The molecule has 0 aromatic heterocycles. The second-order valence-corrected chi connectivity index (χ2v) is 16.2. The molecule has 2 fully saturated rings. The monoisotopic (exact) mass is 618 g/mol. The molecule has 2 aliphatic heterocycles. The first kappa shape index (κ1) is 33.7. The number of ether oxygens (including phenoxy) is 6. The van der Waals surface area contributed by atoms with Crippen LogP contribution in [0.4, 0.5) is 0 Å². The summed E-state index contributed by atoms with van der Waals surface area (Å²) < 4.78 is 61.8. The van der Waals surface area contributed by atoms with E-state index >= 15 is 0 Å². The molecule has 2 unspecified atom stereocenters. The van der Waals surface area contributed by atoms with Crippen molar-refractivity contribution >= 4 is 9.84 Å². The van der Waals surface area contributed by atoms with E-state index in [-0.39, 0.29) is 21.0 Å². The lowest BCUT2D eigenvalue weighted by atomic mass is 10.0. The van der Waals surface area contributed by atoms with E-state index < -0.39 is 21.0 Å². The van der Waals surface area contributed by atoms with Crippen LogP contribution < -0.4 is 9.47 Å². The number of sulfone groups is 1. The summed E-state index contributed by atoms with van der Waals surface area (Å²) in [5, 5.41) is 0. The van der Waals surface area contributed by atoms with E-state index in [2.05, 4.69) is 27.7 Å². The van der Waals surface area contributed by atoms with E-state index in [9.17, 15) is 8.42 Å². The fraction of sp³-hybridized carbons (Fsp3) is 0.647. The van der Waals surface area contributed by atoms with Gasteiger partial charge >= 0.3 is 0 Å². The maximum Gasteiger partial charge on any atom is 0.206 e. The summed E-state index contributed by atoms with van der Waals surface area (Å²) in [5.41, 5.74) is -1.45. The van der Waals surface area contributed by atoms with Gasteiger partial charge in [-0.1, -0.05) is 0 Å². The minimum atomic E-state index is -3.70. The molecule has 240 valence electrons. The number of benzene rings is 2. The fourth-order valence-electron chi connectivity index (χ4n) is 4.98. The van der Waals surface area contributed by atoms with Gasteiger partial charge in [-0.25, -0.2) is 8.42 Å². The molecule has 0 saturated carbocycles. The van der Waals surface area contributed by atoms with E-state index in [0.717, 1.165) is 26.1 Å². The van der Waals surface area contributed by atoms with Gasteiger partial charge in [0.1, 0.15) is 22.7 Å². The summed E-state index contributed by atoms with van der Waals surface area (Å²) >= 11 is 0. The van der Waals surface area contributed by atoms with Crippen LogP contribution in [0.2, 0.25) is 0 Å². The number of hydrogen-bond acceptors (Lipinski definition) is 8. The van der Waals surface area contributed by atoms with Gasteiger partial charge < -0.3 is 28.4 Å². The number of hydrogen-bond donors (Lipinski definition) is 0. The standard InChI is InChI=1S/C34H50O8S/c1-31(2,17-19-39-33(5,6)21-27-23-37-27)41-25-9-13-29(14-10-25)43(35,36)30-15-11-26(12-16-30)42-32(3,4)18-20-40-34(7,8)22-28-24-38-28/h9-16,27-28H,17-24H2,1-8H3. The molecule has 0 N–H and O–H groups in total. The van der Waals surface area contributed by atoms with Gasteiger partial charge in [-0.05, 0) is 104 Å². The number of rotatable bonds is 18. The van der Waals surface area contributed by atoms with E-state index in [1.165, 1.54) is 0 Å². The van der Waals surface area contributed by atoms with Crippen molar-refractivity contribution in [3.05, 3.63) is 48.5 Å². The molecule has 2 atom stereocenters. The SMILES string of the molecule is CC(C)(CC1CO1)OCCC(C)(C)Oc1ccc(S(=O)(=O)c2ccc(OC(C)(C)CCOC(C)(C)CC3CO3)cc2)cc1. The van der Waals surface area contributed by atoms with Gasteiger partial charge in [-0.15, -0.1) is 0 Å². The molecule has 43 heavy (non-hydrogen) atoms. The Morgan fingerprint density at radius 1 is 0.605 bits per heavy atom. The molecule has 0 bridgehead atoms. The Morgan fingerprint density at radius 3 is 1.23 bits per heavy atom. The van der Waals surface area contributed by atoms with Gasteiger partial charge in [0.05, 0.1) is 59.6 Å². The molecule has 2 aromatic carbocycles. The van der Waals surface area contributed by atoms with Crippen LogP contribution in [-0.2, 0) is 28.8 Å². The number of epoxide rings is 2. The van der Waals surface area contributed by atoms with Crippen LogP contribution in [0.5, 0.6) is 11.5 Å². The molecule has 0 spiro atoms. The minimum absolute atomic E-state index is 0.204. The highest BCUT2D eigenvalue weighted by atomic mass is 32.2. The average Bonchev–Trinajstić information content (AvgIpc) is 3.82. The zero-order chi connectivity index (χ0) is 31.5. The Morgan fingerprint density at radius 2 is 0.930 bits per heavy atom. The second-order valence-electron chi connectivity index (χ2n) is 14.2. The summed E-state index contributed by atoms with van der Waals surface area (Å²) in [7, 11) is -3.70. The van der Waals surface area contributed by atoms with Gasteiger partial charge in [-0.3, -0.25) is 0 Å². The van der Waals surface area contributed by atoms with Crippen molar-refractivity contribution in [1.82, 2.24) is 0 Å². The van der Waals surface area contributed by atoms with Gasteiger partial charge in [0, 0.05) is 25.7 Å². The summed E-state index contributed by atoms with van der Waals surface area (Å²) in [6.45, 7) is 19.1. The lowest BCUT2D eigenvalue weighted by Crippen LogP contribution is -2.33. The topological polar surface area (TPSA) is 96.1 Å². The average molecular weight is 619 g/mol. The quantitative estimate of drug-likeness (QED) is 0.169. The highest BCUT2D eigenvalue weighted by Gasteiger charge is 2.34. The van der Waals surface area contributed by atoms with Crippen molar-refractivity contribution in [3.63, 3.8) is 0 Å². The predicted octanol–water partition coefficient (Wildman–Crippen LogP) is 6.78. The van der Waals surface area contributed by atoms with Crippen LogP contribution in [0.25, 0.3) is 0 Å². The Labute approximate surface area is 258 Å². The smallest absolute Gasteiger partial charge is 0.206 e. The fourth-order valence-corrected chi connectivity index (χ4v) is 6.24. The van der Waals surface area contributed by atoms with Crippen LogP contribution in [0.3, 0.4) is 0 Å². The molecule has 2 saturated heterocycles. The Hall–Kier alpha value is -2.17. The summed E-state index contributed by atoms with van der Waals surface area (Å²) in [6.07, 6.45) is 3.76. The van der Waals surface area contributed by atoms with Gasteiger partial charge in [-0.2, -0.15) is 0 Å². The molecule has 0 aliphatic carbocycles. The molecule has 8 nitrogen and oxygen atoms in total.